The van der Waals surface area contributed by atoms with E-state index in [1.165, 1.54) is 43.0 Å². The number of anilines is 1. The molecule has 102 valence electrons. The maximum atomic E-state index is 11.5. The summed E-state index contributed by atoms with van der Waals surface area (Å²) in [6.45, 7) is 2.88. The quantitative estimate of drug-likeness (QED) is 0.840. The van der Waals surface area contributed by atoms with Gasteiger partial charge in [0, 0.05) is 19.2 Å². The fraction of sp³-hybridized carbons (Fsp3) is 0.308. The molecule has 1 rings (SSSR count). The molecule has 2 N–H and O–H groups in total. The average Bonchev–Trinajstić information content (AvgIpc) is 2.35. The molecule has 0 aromatic heterocycles. The smallest absolute Gasteiger partial charge is 0.335 e. The summed E-state index contributed by atoms with van der Waals surface area (Å²) in [5.74, 6) is -3.05. The first-order valence-electron chi connectivity index (χ1n) is 5.67. The summed E-state index contributed by atoms with van der Waals surface area (Å²) < 4.78 is 0. The van der Waals surface area contributed by atoms with Crippen molar-refractivity contribution in [3.8, 4) is 0 Å². The van der Waals surface area contributed by atoms with Crippen LogP contribution in [0.3, 0.4) is 0 Å². The molecule has 0 spiro atoms. The number of hydrogen-bond donors (Lipinski definition) is 2. The van der Waals surface area contributed by atoms with Crippen LogP contribution in [-0.4, -0.2) is 34.6 Å². The maximum Gasteiger partial charge on any atom is 0.335 e. The summed E-state index contributed by atoms with van der Waals surface area (Å²) in [5.41, 5.74) is 0.587. The number of carboxylic acid groups (broad SMARTS) is 2. The zero-order valence-corrected chi connectivity index (χ0v) is 10.7. The second kappa shape index (κ2) is 5.99. The van der Waals surface area contributed by atoms with Crippen molar-refractivity contribution in [3.05, 3.63) is 29.8 Å². The van der Waals surface area contributed by atoms with Gasteiger partial charge in [0.05, 0.1) is 11.5 Å². The summed E-state index contributed by atoms with van der Waals surface area (Å²) in [6, 6.07) is 5.72. The number of benzene rings is 1. The van der Waals surface area contributed by atoms with Gasteiger partial charge in [0.2, 0.25) is 5.91 Å². The highest BCUT2D eigenvalue weighted by molar-refractivity contribution is 5.93. The number of amides is 1. The largest absolute Gasteiger partial charge is 0.481 e. The van der Waals surface area contributed by atoms with Crippen LogP contribution in [0.2, 0.25) is 0 Å². The van der Waals surface area contributed by atoms with Gasteiger partial charge in [-0.25, -0.2) is 4.79 Å². The second-order valence-electron chi connectivity index (χ2n) is 4.22. The van der Waals surface area contributed by atoms with Gasteiger partial charge in [0.15, 0.2) is 0 Å². The molecule has 0 heterocycles. The summed E-state index contributed by atoms with van der Waals surface area (Å²) in [4.78, 5) is 34.4. The Morgan fingerprint density at radius 1 is 1.16 bits per heavy atom. The van der Waals surface area contributed by atoms with Gasteiger partial charge in [-0.3, -0.25) is 9.59 Å². The molecule has 6 heteroatoms. The number of aromatic carboxylic acids is 1. The molecular formula is C13H15NO5. The third-order valence-electron chi connectivity index (χ3n) is 2.68. The minimum Gasteiger partial charge on any atom is -0.481 e. The first kappa shape index (κ1) is 14.7. The number of aliphatic carboxylic acids is 1. The molecule has 1 amide bonds. The van der Waals surface area contributed by atoms with Crippen molar-refractivity contribution in [2.45, 2.75) is 13.8 Å². The zero-order valence-electron chi connectivity index (χ0n) is 10.7. The monoisotopic (exact) mass is 265 g/mol. The Labute approximate surface area is 110 Å². The number of carboxylic acids is 2. The molecule has 1 aromatic carbocycles. The zero-order chi connectivity index (χ0) is 14.6. The van der Waals surface area contributed by atoms with Crippen LogP contribution in [0.25, 0.3) is 0 Å². The van der Waals surface area contributed by atoms with Crippen LogP contribution in [0, 0.1) is 5.92 Å². The average molecular weight is 265 g/mol. The molecule has 1 unspecified atom stereocenters. The van der Waals surface area contributed by atoms with Crippen LogP contribution in [0.4, 0.5) is 5.69 Å². The van der Waals surface area contributed by atoms with Crippen molar-refractivity contribution in [2.24, 2.45) is 5.92 Å². The Kier molecular flexibility index (Phi) is 4.63. The van der Waals surface area contributed by atoms with Crippen LogP contribution < -0.4 is 4.90 Å². The molecule has 0 saturated heterocycles. The molecule has 1 aromatic rings. The van der Waals surface area contributed by atoms with Crippen LogP contribution >= 0.6 is 0 Å². The highest BCUT2D eigenvalue weighted by Gasteiger charge is 2.19. The van der Waals surface area contributed by atoms with Crippen molar-refractivity contribution >= 4 is 23.5 Å². The van der Waals surface area contributed by atoms with E-state index in [1.54, 1.807) is 0 Å². The fourth-order valence-electron chi connectivity index (χ4n) is 1.55. The molecule has 0 radical (unpaired) electrons. The molecule has 0 aliphatic heterocycles. The van der Waals surface area contributed by atoms with Gasteiger partial charge in [-0.1, -0.05) is 6.92 Å². The molecule has 1 atom stereocenters. The lowest BCUT2D eigenvalue weighted by molar-refractivity contribution is -0.140. The lowest BCUT2D eigenvalue weighted by Crippen LogP contribution is -2.35. The molecule has 0 aliphatic carbocycles. The SMILES string of the molecule is CC(=O)N(CC(C)C(=O)O)c1ccc(C(=O)O)cc1. The summed E-state index contributed by atoms with van der Waals surface area (Å²) in [6.07, 6.45) is 0. The van der Waals surface area contributed by atoms with E-state index in [4.69, 9.17) is 10.2 Å². The van der Waals surface area contributed by atoms with E-state index in [2.05, 4.69) is 0 Å². The minimum atomic E-state index is -1.06. The lowest BCUT2D eigenvalue weighted by atomic mass is 10.1. The molecular weight excluding hydrogens is 250 g/mol. The highest BCUT2D eigenvalue weighted by atomic mass is 16.4. The van der Waals surface area contributed by atoms with Gasteiger partial charge in [-0.05, 0) is 24.3 Å². The van der Waals surface area contributed by atoms with Gasteiger partial charge in [-0.2, -0.15) is 0 Å². The van der Waals surface area contributed by atoms with Gasteiger partial charge in [0.1, 0.15) is 0 Å². The fourth-order valence-corrected chi connectivity index (χ4v) is 1.55. The molecule has 19 heavy (non-hydrogen) atoms. The third-order valence-corrected chi connectivity index (χ3v) is 2.68. The predicted molar refractivity (Wildman–Crippen MR) is 68.2 cm³/mol. The molecule has 0 saturated carbocycles. The Hall–Kier alpha value is -2.37. The van der Waals surface area contributed by atoms with Gasteiger partial charge >= 0.3 is 11.9 Å². The summed E-state index contributed by atoms with van der Waals surface area (Å²) in [5, 5.41) is 17.6. The van der Waals surface area contributed by atoms with Gasteiger partial charge in [0.25, 0.3) is 0 Å². The topological polar surface area (TPSA) is 94.9 Å². The van der Waals surface area contributed by atoms with E-state index in [-0.39, 0.29) is 18.0 Å². The van der Waals surface area contributed by atoms with Crippen LogP contribution in [0.1, 0.15) is 24.2 Å². The Morgan fingerprint density at radius 3 is 2.05 bits per heavy atom. The van der Waals surface area contributed by atoms with E-state index >= 15 is 0 Å². The van der Waals surface area contributed by atoms with Gasteiger partial charge < -0.3 is 15.1 Å². The van der Waals surface area contributed by atoms with Crippen molar-refractivity contribution in [2.75, 3.05) is 11.4 Å². The van der Waals surface area contributed by atoms with Gasteiger partial charge in [-0.15, -0.1) is 0 Å². The lowest BCUT2D eigenvalue weighted by Gasteiger charge is -2.23. The van der Waals surface area contributed by atoms with Crippen LogP contribution in [-0.2, 0) is 9.59 Å². The first-order valence-corrected chi connectivity index (χ1v) is 5.67. The molecule has 0 bridgehead atoms. The first-order chi connectivity index (χ1) is 8.82. The van der Waals surface area contributed by atoms with Crippen molar-refractivity contribution in [1.82, 2.24) is 0 Å². The van der Waals surface area contributed by atoms with E-state index in [1.807, 2.05) is 0 Å². The number of nitrogens with zero attached hydrogens (tertiary/aromatic N) is 1. The summed E-state index contributed by atoms with van der Waals surface area (Å²) >= 11 is 0. The number of rotatable bonds is 5. The minimum absolute atomic E-state index is 0.0388. The molecule has 0 fully saturated rings. The Balaban J connectivity index is 2.96. The van der Waals surface area contributed by atoms with Crippen molar-refractivity contribution in [1.29, 1.82) is 0 Å². The second-order valence-corrected chi connectivity index (χ2v) is 4.22. The number of hydrogen-bond acceptors (Lipinski definition) is 3. The standard InChI is InChI=1S/C13H15NO5/c1-8(12(16)17)7-14(9(2)15)11-5-3-10(4-6-11)13(18)19/h3-6,8H,7H2,1-2H3,(H,16,17)(H,18,19). The Morgan fingerprint density at radius 2 is 1.68 bits per heavy atom. The van der Waals surface area contributed by atoms with Crippen LogP contribution in [0.15, 0.2) is 24.3 Å². The number of carbonyl (C=O) groups excluding carboxylic acids is 1. The normalized spacial score (nSPS) is 11.7. The third kappa shape index (κ3) is 3.80. The predicted octanol–water partition coefficient (Wildman–Crippen LogP) is 1.46. The van der Waals surface area contributed by atoms with Crippen LogP contribution in [0.5, 0.6) is 0 Å². The highest BCUT2D eigenvalue weighted by Crippen LogP contribution is 2.17. The number of carbonyl (C=O) groups is 3. The van der Waals surface area contributed by atoms with E-state index < -0.39 is 17.9 Å². The summed E-state index contributed by atoms with van der Waals surface area (Å²) in [7, 11) is 0. The Bertz CT molecular complexity index is 494. The van der Waals surface area contributed by atoms with E-state index in [9.17, 15) is 14.4 Å². The molecule has 6 nitrogen and oxygen atoms in total. The van der Waals surface area contributed by atoms with E-state index in [0.29, 0.717) is 5.69 Å². The molecule has 0 aliphatic rings. The van der Waals surface area contributed by atoms with E-state index in [0.717, 1.165) is 0 Å². The van der Waals surface area contributed by atoms with Crippen molar-refractivity contribution < 1.29 is 24.6 Å². The van der Waals surface area contributed by atoms with Crippen molar-refractivity contribution in [3.63, 3.8) is 0 Å². The maximum absolute atomic E-state index is 11.5.